The molecular weight excluding hydrogens is 622 g/mol. The van der Waals surface area contributed by atoms with Gasteiger partial charge in [-0.25, -0.2) is 19.2 Å². The first-order valence-corrected chi connectivity index (χ1v) is 14.2. The normalized spacial score (nSPS) is 11.3. The molecule has 45 heavy (non-hydrogen) atoms. The Bertz CT molecular complexity index is 1840. The molecule has 0 spiro atoms. The lowest BCUT2D eigenvalue weighted by molar-refractivity contribution is 0.0957. The van der Waals surface area contributed by atoms with Crippen LogP contribution in [0, 0.1) is 5.82 Å². The molecule has 228 valence electrons. The second-order valence-electron chi connectivity index (χ2n) is 9.50. The van der Waals surface area contributed by atoms with Gasteiger partial charge in [0.05, 0.1) is 23.1 Å². The van der Waals surface area contributed by atoms with Gasteiger partial charge in [0.25, 0.3) is 5.91 Å². The van der Waals surface area contributed by atoms with Gasteiger partial charge in [-0.1, -0.05) is 35.3 Å². The third-order valence-electron chi connectivity index (χ3n) is 6.34. The minimum atomic E-state index is -0.629. The van der Waals surface area contributed by atoms with Gasteiger partial charge in [-0.05, 0) is 61.5 Å². The third-order valence-corrected chi connectivity index (χ3v) is 7.05. The summed E-state index contributed by atoms with van der Waals surface area (Å²) in [7, 11) is 1.52. The van der Waals surface area contributed by atoms with Crippen molar-refractivity contribution in [2.24, 2.45) is 0 Å². The number of hydrogen-bond acceptors (Lipinski definition) is 7. The summed E-state index contributed by atoms with van der Waals surface area (Å²) in [5, 5.41) is 8.13. The van der Waals surface area contributed by atoms with Gasteiger partial charge in [0.2, 0.25) is 0 Å². The van der Waals surface area contributed by atoms with E-state index in [9.17, 15) is 14.0 Å². The Hall–Kier alpha value is -5.26. The standard InChI is InChI=1S/C32H25Cl2FN6O4/c1-18(28-25(33)10-11-26(35)29(28)34)44-23-5-3-4-19(14-23)30-38-16-21(17-39-30)41-32(43)40-20-6-8-22(9-7-20)45-24-12-13-37-27(15-24)31(42)36-2/h3-18H,1-2H3,(H,36,42)(H2,40,41,43). The highest BCUT2D eigenvalue weighted by atomic mass is 35.5. The molecule has 3 amide bonds. The molecular formula is C32H25Cl2FN6O4. The van der Waals surface area contributed by atoms with Crippen LogP contribution in [0.4, 0.5) is 20.6 Å². The topological polar surface area (TPSA) is 127 Å². The van der Waals surface area contributed by atoms with E-state index < -0.39 is 18.0 Å². The molecule has 1 unspecified atom stereocenters. The van der Waals surface area contributed by atoms with E-state index in [1.165, 1.54) is 43.8 Å². The minimum Gasteiger partial charge on any atom is -0.486 e. The fourth-order valence-corrected chi connectivity index (χ4v) is 4.87. The van der Waals surface area contributed by atoms with Gasteiger partial charge in [0.15, 0.2) is 5.82 Å². The predicted octanol–water partition coefficient (Wildman–Crippen LogP) is 7.92. The maximum absolute atomic E-state index is 14.0. The molecule has 0 radical (unpaired) electrons. The first-order chi connectivity index (χ1) is 21.7. The Morgan fingerprint density at radius 3 is 2.31 bits per heavy atom. The highest BCUT2D eigenvalue weighted by molar-refractivity contribution is 6.36. The van der Waals surface area contributed by atoms with Crippen LogP contribution in [0.1, 0.15) is 29.1 Å². The molecule has 0 saturated heterocycles. The molecule has 3 N–H and O–H groups in total. The number of hydrogen-bond donors (Lipinski definition) is 3. The number of anilines is 2. The van der Waals surface area contributed by atoms with Gasteiger partial charge < -0.3 is 25.4 Å². The monoisotopic (exact) mass is 646 g/mol. The van der Waals surface area contributed by atoms with Gasteiger partial charge in [0.1, 0.15) is 34.9 Å². The zero-order valence-electron chi connectivity index (χ0n) is 23.8. The molecule has 2 aromatic heterocycles. The van der Waals surface area contributed by atoms with Crippen LogP contribution < -0.4 is 25.4 Å². The van der Waals surface area contributed by atoms with Crippen molar-refractivity contribution in [1.82, 2.24) is 20.3 Å². The molecule has 1 atom stereocenters. The van der Waals surface area contributed by atoms with Crippen LogP contribution in [0.5, 0.6) is 17.2 Å². The lowest BCUT2D eigenvalue weighted by atomic mass is 10.1. The van der Waals surface area contributed by atoms with Crippen molar-refractivity contribution < 1.29 is 23.5 Å². The van der Waals surface area contributed by atoms with Crippen molar-refractivity contribution in [2.45, 2.75) is 13.0 Å². The fraction of sp³-hybridized carbons (Fsp3) is 0.0938. The van der Waals surface area contributed by atoms with E-state index in [1.807, 2.05) is 0 Å². The summed E-state index contributed by atoms with van der Waals surface area (Å²) < 4.78 is 25.7. The van der Waals surface area contributed by atoms with Gasteiger partial charge >= 0.3 is 6.03 Å². The molecule has 10 nitrogen and oxygen atoms in total. The number of pyridine rings is 1. The lowest BCUT2D eigenvalue weighted by Crippen LogP contribution is -2.19. The summed E-state index contributed by atoms with van der Waals surface area (Å²) in [6, 6.07) is 19.0. The second-order valence-corrected chi connectivity index (χ2v) is 10.3. The molecule has 0 aliphatic rings. The molecule has 3 aromatic carbocycles. The Labute approximate surface area is 267 Å². The SMILES string of the molecule is CNC(=O)c1cc(Oc2ccc(NC(=O)Nc3cnc(-c4cccc(OC(C)c5c(Cl)ccc(F)c5Cl)c4)nc3)cc2)ccn1. The highest BCUT2D eigenvalue weighted by Crippen LogP contribution is 2.35. The largest absolute Gasteiger partial charge is 0.486 e. The van der Waals surface area contributed by atoms with Crippen LogP contribution in [0.2, 0.25) is 10.0 Å². The van der Waals surface area contributed by atoms with E-state index in [1.54, 1.807) is 61.5 Å². The molecule has 5 rings (SSSR count). The number of urea groups is 1. The number of benzene rings is 3. The van der Waals surface area contributed by atoms with Crippen molar-refractivity contribution in [1.29, 1.82) is 0 Å². The molecule has 13 heteroatoms. The molecule has 0 bridgehead atoms. The summed E-state index contributed by atoms with van der Waals surface area (Å²) in [5.41, 5.74) is 2.13. The van der Waals surface area contributed by atoms with E-state index in [4.69, 9.17) is 32.7 Å². The maximum atomic E-state index is 14.0. The zero-order chi connectivity index (χ0) is 31.9. The van der Waals surface area contributed by atoms with Gasteiger partial charge in [-0.2, -0.15) is 0 Å². The summed E-state index contributed by atoms with van der Waals surface area (Å²) in [6.45, 7) is 1.72. The molecule has 5 aromatic rings. The number of amides is 3. The molecule has 2 heterocycles. The highest BCUT2D eigenvalue weighted by Gasteiger charge is 2.19. The van der Waals surface area contributed by atoms with Crippen LogP contribution in [-0.4, -0.2) is 33.9 Å². The first-order valence-electron chi connectivity index (χ1n) is 13.5. The Morgan fingerprint density at radius 2 is 1.58 bits per heavy atom. The smallest absolute Gasteiger partial charge is 0.323 e. The third kappa shape index (κ3) is 7.83. The summed E-state index contributed by atoms with van der Waals surface area (Å²) in [4.78, 5) is 37.1. The molecule has 0 aliphatic heterocycles. The van der Waals surface area contributed by atoms with Crippen LogP contribution in [0.15, 0.2) is 91.4 Å². The Balaban J connectivity index is 1.17. The Kier molecular flexibility index (Phi) is 9.71. The summed E-state index contributed by atoms with van der Waals surface area (Å²) in [5.74, 6) is 0.916. The average Bonchev–Trinajstić information content (AvgIpc) is 3.04. The van der Waals surface area contributed by atoms with Crippen molar-refractivity contribution >= 4 is 46.5 Å². The van der Waals surface area contributed by atoms with E-state index in [-0.39, 0.29) is 16.6 Å². The number of nitrogens with one attached hydrogen (secondary N) is 3. The lowest BCUT2D eigenvalue weighted by Gasteiger charge is -2.18. The first kappa shape index (κ1) is 31.2. The van der Waals surface area contributed by atoms with Crippen molar-refractivity contribution in [3.63, 3.8) is 0 Å². The number of aromatic nitrogens is 3. The van der Waals surface area contributed by atoms with E-state index in [0.29, 0.717) is 50.6 Å². The summed E-state index contributed by atoms with van der Waals surface area (Å²) >= 11 is 12.4. The predicted molar refractivity (Wildman–Crippen MR) is 170 cm³/mol. The molecule has 0 fully saturated rings. The van der Waals surface area contributed by atoms with Gasteiger partial charge in [0, 0.05) is 41.1 Å². The van der Waals surface area contributed by atoms with E-state index in [0.717, 1.165) is 0 Å². The van der Waals surface area contributed by atoms with Crippen LogP contribution >= 0.6 is 23.2 Å². The van der Waals surface area contributed by atoms with Crippen LogP contribution in [-0.2, 0) is 0 Å². The number of carbonyl (C=O) groups excluding carboxylic acids is 2. The average molecular weight is 647 g/mol. The van der Waals surface area contributed by atoms with Gasteiger partial charge in [-0.3, -0.25) is 9.78 Å². The van der Waals surface area contributed by atoms with Crippen molar-refractivity contribution in [3.05, 3.63) is 119 Å². The number of halogens is 3. The molecule has 0 aliphatic carbocycles. The second kappa shape index (κ2) is 14.0. The quantitative estimate of drug-likeness (QED) is 0.139. The van der Waals surface area contributed by atoms with Crippen molar-refractivity contribution in [2.75, 3.05) is 17.7 Å². The Morgan fingerprint density at radius 1 is 0.844 bits per heavy atom. The van der Waals surface area contributed by atoms with E-state index in [2.05, 4.69) is 30.9 Å². The van der Waals surface area contributed by atoms with Crippen LogP contribution in [0.3, 0.4) is 0 Å². The zero-order valence-corrected chi connectivity index (χ0v) is 25.4. The van der Waals surface area contributed by atoms with Crippen molar-refractivity contribution in [3.8, 4) is 28.6 Å². The minimum absolute atomic E-state index is 0.0905. The van der Waals surface area contributed by atoms with E-state index >= 15 is 0 Å². The number of carbonyl (C=O) groups is 2. The number of ether oxygens (including phenoxy) is 2. The van der Waals surface area contributed by atoms with Gasteiger partial charge in [-0.15, -0.1) is 0 Å². The maximum Gasteiger partial charge on any atom is 0.323 e. The molecule has 0 saturated carbocycles. The fourth-order valence-electron chi connectivity index (χ4n) is 4.19. The summed E-state index contributed by atoms with van der Waals surface area (Å²) in [6.07, 6.45) is 3.80. The number of nitrogens with zero attached hydrogens (tertiary/aromatic N) is 3. The number of rotatable bonds is 9. The van der Waals surface area contributed by atoms with Crippen LogP contribution in [0.25, 0.3) is 11.4 Å².